The van der Waals surface area contributed by atoms with Gasteiger partial charge >= 0.3 is 0 Å². The van der Waals surface area contributed by atoms with Gasteiger partial charge < -0.3 is 4.52 Å². The van der Waals surface area contributed by atoms with Gasteiger partial charge in [-0.15, -0.1) is 11.3 Å². The zero-order valence-electron chi connectivity index (χ0n) is 15.3. The number of hydrogen-bond acceptors (Lipinski definition) is 7. The van der Waals surface area contributed by atoms with Gasteiger partial charge in [0.05, 0.1) is 21.5 Å². The smallest absolute Gasteiger partial charge is 0.268 e. The number of rotatable bonds is 6. The number of thiophene rings is 1. The standard InChI is InChI=1S/C19H17BrN4O2S2/c1-11(2)9-24-18(25)13-8-12(20)5-6-14(13)21-19(24)28-10-16-22-17(26-23-16)15-4-3-7-27-15/h3-8,11H,9-10H2,1-2H3. The predicted molar refractivity (Wildman–Crippen MR) is 116 cm³/mol. The van der Waals surface area contributed by atoms with Crippen molar-refractivity contribution in [3.63, 3.8) is 0 Å². The summed E-state index contributed by atoms with van der Waals surface area (Å²) in [6, 6.07) is 9.46. The molecule has 0 atom stereocenters. The molecule has 0 unspecified atom stereocenters. The highest BCUT2D eigenvalue weighted by Crippen LogP contribution is 2.26. The number of aromatic nitrogens is 4. The molecule has 1 aromatic carbocycles. The van der Waals surface area contributed by atoms with Crippen LogP contribution in [0.15, 0.2) is 54.7 Å². The molecule has 0 bridgehead atoms. The van der Waals surface area contributed by atoms with Crippen molar-refractivity contribution >= 4 is 49.9 Å². The molecule has 0 spiro atoms. The number of halogens is 1. The van der Waals surface area contributed by atoms with Crippen molar-refractivity contribution in [2.75, 3.05) is 0 Å². The van der Waals surface area contributed by atoms with Crippen LogP contribution in [0.2, 0.25) is 0 Å². The van der Waals surface area contributed by atoms with Crippen LogP contribution in [0.1, 0.15) is 19.7 Å². The summed E-state index contributed by atoms with van der Waals surface area (Å²) in [7, 11) is 0. The van der Waals surface area contributed by atoms with E-state index < -0.39 is 0 Å². The second-order valence-electron chi connectivity index (χ2n) is 6.65. The van der Waals surface area contributed by atoms with E-state index in [1.807, 2.05) is 35.7 Å². The Balaban J connectivity index is 1.65. The summed E-state index contributed by atoms with van der Waals surface area (Å²) in [5.74, 6) is 1.89. The number of nitrogens with zero attached hydrogens (tertiary/aromatic N) is 4. The van der Waals surface area contributed by atoms with E-state index in [0.717, 1.165) is 9.35 Å². The molecular weight excluding hydrogens is 460 g/mol. The van der Waals surface area contributed by atoms with E-state index in [9.17, 15) is 4.79 Å². The number of benzene rings is 1. The molecule has 28 heavy (non-hydrogen) atoms. The fourth-order valence-corrected chi connectivity index (χ4v) is 4.61. The lowest BCUT2D eigenvalue weighted by Crippen LogP contribution is -2.25. The lowest BCUT2D eigenvalue weighted by molar-refractivity contribution is 0.426. The molecule has 0 aliphatic rings. The zero-order valence-corrected chi connectivity index (χ0v) is 18.5. The minimum atomic E-state index is -0.0325. The van der Waals surface area contributed by atoms with Crippen LogP contribution in [0.5, 0.6) is 0 Å². The Hall–Kier alpha value is -1.97. The molecule has 9 heteroatoms. The minimum absolute atomic E-state index is 0.0325. The topological polar surface area (TPSA) is 73.8 Å². The Morgan fingerprint density at radius 3 is 2.89 bits per heavy atom. The van der Waals surface area contributed by atoms with Crippen molar-refractivity contribution in [3.05, 3.63) is 56.4 Å². The molecular formula is C19H17BrN4O2S2. The average molecular weight is 477 g/mol. The molecule has 144 valence electrons. The number of fused-ring (bicyclic) bond motifs is 1. The Morgan fingerprint density at radius 2 is 2.14 bits per heavy atom. The van der Waals surface area contributed by atoms with Gasteiger partial charge in [0.2, 0.25) is 0 Å². The molecule has 0 N–H and O–H groups in total. The average Bonchev–Trinajstić information content (AvgIpc) is 3.34. The third kappa shape index (κ3) is 4.06. The second kappa shape index (κ2) is 8.18. The van der Waals surface area contributed by atoms with Gasteiger partial charge in [-0.1, -0.05) is 52.8 Å². The molecule has 6 nitrogen and oxygen atoms in total. The van der Waals surface area contributed by atoms with E-state index in [1.54, 1.807) is 15.9 Å². The second-order valence-corrected chi connectivity index (χ2v) is 9.45. The van der Waals surface area contributed by atoms with Gasteiger partial charge in [-0.2, -0.15) is 4.98 Å². The third-order valence-electron chi connectivity index (χ3n) is 3.96. The Labute approximate surface area is 178 Å². The van der Waals surface area contributed by atoms with Crippen LogP contribution in [-0.4, -0.2) is 19.7 Å². The first-order valence-electron chi connectivity index (χ1n) is 8.70. The summed E-state index contributed by atoms with van der Waals surface area (Å²) in [5, 5.41) is 7.29. The van der Waals surface area contributed by atoms with E-state index in [0.29, 0.717) is 46.0 Å². The van der Waals surface area contributed by atoms with Crippen molar-refractivity contribution in [1.82, 2.24) is 19.7 Å². The summed E-state index contributed by atoms with van der Waals surface area (Å²) >= 11 is 6.43. The number of thioether (sulfide) groups is 1. The van der Waals surface area contributed by atoms with Gasteiger partial charge in [0, 0.05) is 11.0 Å². The van der Waals surface area contributed by atoms with Crippen LogP contribution in [-0.2, 0) is 12.3 Å². The minimum Gasteiger partial charge on any atom is -0.333 e. The first-order chi connectivity index (χ1) is 13.5. The maximum atomic E-state index is 13.0. The molecule has 0 saturated carbocycles. The molecule has 0 aliphatic carbocycles. The lowest BCUT2D eigenvalue weighted by atomic mass is 10.2. The molecule has 4 aromatic rings. The molecule has 0 saturated heterocycles. The SMILES string of the molecule is CC(C)Cn1c(SCc2noc(-c3cccs3)n2)nc2ccc(Br)cc2c1=O. The highest BCUT2D eigenvalue weighted by molar-refractivity contribution is 9.10. The van der Waals surface area contributed by atoms with Gasteiger partial charge in [0.1, 0.15) is 0 Å². The lowest BCUT2D eigenvalue weighted by Gasteiger charge is -2.14. The molecule has 3 heterocycles. The summed E-state index contributed by atoms with van der Waals surface area (Å²) in [5.41, 5.74) is 0.651. The Kier molecular flexibility index (Phi) is 5.65. The molecule has 4 rings (SSSR count). The van der Waals surface area contributed by atoms with Crippen molar-refractivity contribution < 1.29 is 4.52 Å². The van der Waals surface area contributed by atoms with Crippen LogP contribution in [0.25, 0.3) is 21.7 Å². The van der Waals surface area contributed by atoms with Crippen molar-refractivity contribution in [1.29, 1.82) is 0 Å². The van der Waals surface area contributed by atoms with Gasteiger partial charge in [0.15, 0.2) is 11.0 Å². The molecule has 0 aliphatic heterocycles. The monoisotopic (exact) mass is 476 g/mol. The number of hydrogen-bond donors (Lipinski definition) is 0. The summed E-state index contributed by atoms with van der Waals surface area (Å²) in [6.45, 7) is 4.76. The van der Waals surface area contributed by atoms with Crippen LogP contribution < -0.4 is 5.56 Å². The zero-order chi connectivity index (χ0) is 19.7. The van der Waals surface area contributed by atoms with E-state index in [-0.39, 0.29) is 5.56 Å². The van der Waals surface area contributed by atoms with Gasteiger partial charge in [-0.3, -0.25) is 9.36 Å². The Bertz CT molecular complexity index is 1170. The van der Waals surface area contributed by atoms with Crippen molar-refractivity contribution in [2.45, 2.75) is 31.3 Å². The van der Waals surface area contributed by atoms with E-state index in [4.69, 9.17) is 9.51 Å². The van der Waals surface area contributed by atoms with E-state index in [1.165, 1.54) is 11.8 Å². The van der Waals surface area contributed by atoms with E-state index in [2.05, 4.69) is 39.9 Å². The van der Waals surface area contributed by atoms with Crippen LogP contribution >= 0.6 is 39.0 Å². The normalized spacial score (nSPS) is 11.6. The Morgan fingerprint density at radius 1 is 1.29 bits per heavy atom. The fourth-order valence-electron chi connectivity index (χ4n) is 2.75. The summed E-state index contributed by atoms with van der Waals surface area (Å²) in [6.07, 6.45) is 0. The highest BCUT2D eigenvalue weighted by Gasteiger charge is 2.15. The quantitative estimate of drug-likeness (QED) is 0.280. The summed E-state index contributed by atoms with van der Waals surface area (Å²) < 4.78 is 7.95. The highest BCUT2D eigenvalue weighted by atomic mass is 79.9. The first-order valence-corrected chi connectivity index (χ1v) is 11.4. The molecule has 0 fully saturated rings. The van der Waals surface area contributed by atoms with Crippen molar-refractivity contribution in [2.24, 2.45) is 5.92 Å². The van der Waals surface area contributed by atoms with Crippen molar-refractivity contribution in [3.8, 4) is 10.8 Å². The van der Waals surface area contributed by atoms with Crippen LogP contribution in [0.3, 0.4) is 0 Å². The summed E-state index contributed by atoms with van der Waals surface area (Å²) in [4.78, 5) is 23.2. The van der Waals surface area contributed by atoms with Gasteiger partial charge in [0.25, 0.3) is 11.4 Å². The van der Waals surface area contributed by atoms with Gasteiger partial charge in [-0.25, -0.2) is 4.98 Å². The molecule has 3 aromatic heterocycles. The van der Waals surface area contributed by atoms with Crippen LogP contribution in [0.4, 0.5) is 0 Å². The van der Waals surface area contributed by atoms with Crippen LogP contribution in [0, 0.1) is 5.92 Å². The maximum Gasteiger partial charge on any atom is 0.268 e. The largest absolute Gasteiger partial charge is 0.333 e. The third-order valence-corrected chi connectivity index (χ3v) is 6.28. The predicted octanol–water partition coefficient (Wildman–Crippen LogP) is 5.22. The molecule has 0 amide bonds. The van der Waals surface area contributed by atoms with Gasteiger partial charge in [-0.05, 0) is 35.6 Å². The maximum absolute atomic E-state index is 13.0. The molecule has 0 radical (unpaired) electrons. The first kappa shape index (κ1) is 19.4. The van der Waals surface area contributed by atoms with E-state index >= 15 is 0 Å². The fraction of sp³-hybridized carbons (Fsp3) is 0.263.